The number of sulfonamides is 1. The van der Waals surface area contributed by atoms with E-state index in [0.717, 1.165) is 5.56 Å². The summed E-state index contributed by atoms with van der Waals surface area (Å²) in [4.78, 5) is -0.00267. The van der Waals surface area contributed by atoms with Gasteiger partial charge in [0.15, 0.2) is 9.84 Å². The summed E-state index contributed by atoms with van der Waals surface area (Å²) in [5.74, 6) is -0.171. The van der Waals surface area contributed by atoms with Crippen molar-refractivity contribution < 1.29 is 16.8 Å². The highest BCUT2D eigenvalue weighted by atomic mass is 35.5. The second-order valence-electron chi connectivity index (χ2n) is 6.38. The van der Waals surface area contributed by atoms with E-state index in [4.69, 9.17) is 5.73 Å². The molecule has 0 amide bonds. The van der Waals surface area contributed by atoms with Crippen molar-refractivity contribution in [2.24, 2.45) is 5.73 Å². The molecule has 0 saturated carbocycles. The van der Waals surface area contributed by atoms with Crippen LogP contribution in [-0.4, -0.2) is 46.0 Å². The first-order chi connectivity index (χ1) is 12.3. The van der Waals surface area contributed by atoms with Gasteiger partial charge in [-0.25, -0.2) is 16.8 Å². The summed E-state index contributed by atoms with van der Waals surface area (Å²) in [5.41, 5.74) is 7.19. The van der Waals surface area contributed by atoms with Crippen LogP contribution < -0.4 is 5.73 Å². The van der Waals surface area contributed by atoms with Gasteiger partial charge < -0.3 is 5.73 Å². The van der Waals surface area contributed by atoms with Gasteiger partial charge in [0, 0.05) is 25.0 Å². The molecule has 1 fully saturated rings. The van der Waals surface area contributed by atoms with Crippen LogP contribution in [0.1, 0.15) is 18.4 Å². The van der Waals surface area contributed by atoms with Crippen LogP contribution in [0.4, 0.5) is 0 Å². The molecule has 27 heavy (non-hydrogen) atoms. The summed E-state index contributed by atoms with van der Waals surface area (Å²) in [6, 6.07) is 14.8. The van der Waals surface area contributed by atoms with Crippen molar-refractivity contribution in [3.8, 4) is 0 Å². The molecule has 3 rings (SSSR count). The molecule has 0 radical (unpaired) electrons. The van der Waals surface area contributed by atoms with Crippen LogP contribution in [0.15, 0.2) is 64.4 Å². The molecular formula is C18H23ClN2O4S2. The van der Waals surface area contributed by atoms with Gasteiger partial charge in [0.05, 0.1) is 15.5 Å². The van der Waals surface area contributed by atoms with Gasteiger partial charge in [-0.3, -0.25) is 0 Å². The van der Waals surface area contributed by atoms with Gasteiger partial charge in [0.1, 0.15) is 0 Å². The predicted octanol–water partition coefficient (Wildman–Crippen LogP) is 2.02. The Morgan fingerprint density at radius 3 is 2.22 bits per heavy atom. The molecule has 1 heterocycles. The van der Waals surface area contributed by atoms with Crippen molar-refractivity contribution in [1.82, 2.24) is 4.31 Å². The molecule has 0 aliphatic carbocycles. The van der Waals surface area contributed by atoms with E-state index in [1.807, 2.05) is 30.3 Å². The number of hydrogen-bond acceptors (Lipinski definition) is 5. The van der Waals surface area contributed by atoms with Gasteiger partial charge in [0.25, 0.3) is 0 Å². The highest BCUT2D eigenvalue weighted by molar-refractivity contribution is 7.91. The normalized spacial score (nSPS) is 21.0. The summed E-state index contributed by atoms with van der Waals surface area (Å²) in [6.07, 6.45) is 0. The Kier molecular flexibility index (Phi) is 6.70. The largest absolute Gasteiger partial charge is 0.326 e. The van der Waals surface area contributed by atoms with E-state index in [0.29, 0.717) is 0 Å². The van der Waals surface area contributed by atoms with Crippen LogP contribution in [0.3, 0.4) is 0 Å². The molecule has 9 heteroatoms. The number of rotatable bonds is 5. The zero-order chi connectivity index (χ0) is 18.9. The summed E-state index contributed by atoms with van der Waals surface area (Å²) in [7, 11) is -7.29. The first kappa shape index (κ1) is 21.8. The summed E-state index contributed by atoms with van der Waals surface area (Å²) in [6.45, 7) is 2.01. The third kappa shape index (κ3) is 4.35. The van der Waals surface area contributed by atoms with Crippen molar-refractivity contribution in [2.75, 3.05) is 18.8 Å². The number of nitrogens with zero attached hydrogens (tertiary/aromatic N) is 1. The first-order valence-electron chi connectivity index (χ1n) is 8.39. The van der Waals surface area contributed by atoms with Crippen LogP contribution >= 0.6 is 12.4 Å². The molecule has 6 nitrogen and oxygen atoms in total. The number of halogens is 1. The van der Waals surface area contributed by atoms with Crippen molar-refractivity contribution in [3.05, 3.63) is 60.2 Å². The third-order valence-electron chi connectivity index (χ3n) is 4.74. The van der Waals surface area contributed by atoms with Gasteiger partial charge in [0.2, 0.25) is 10.0 Å². The first-order valence-corrected chi connectivity index (χ1v) is 11.5. The molecule has 2 aromatic carbocycles. The topological polar surface area (TPSA) is 97.5 Å². The van der Waals surface area contributed by atoms with Crippen LogP contribution in [0, 0.1) is 0 Å². The Balaban J connectivity index is 0.00000261. The number of sulfone groups is 1. The fourth-order valence-electron chi connectivity index (χ4n) is 3.18. The van der Waals surface area contributed by atoms with Crippen molar-refractivity contribution >= 4 is 32.3 Å². The van der Waals surface area contributed by atoms with E-state index < -0.39 is 19.9 Å². The fraction of sp³-hybridized carbons (Fsp3) is 0.333. The van der Waals surface area contributed by atoms with Crippen molar-refractivity contribution in [3.63, 3.8) is 0 Å². The van der Waals surface area contributed by atoms with E-state index in [2.05, 4.69) is 0 Å². The predicted molar refractivity (Wildman–Crippen MR) is 107 cm³/mol. The zero-order valence-corrected chi connectivity index (χ0v) is 17.3. The van der Waals surface area contributed by atoms with Gasteiger partial charge in [-0.05, 0) is 23.8 Å². The fourth-order valence-corrected chi connectivity index (χ4v) is 5.73. The zero-order valence-electron chi connectivity index (χ0n) is 14.9. The molecular weight excluding hydrogens is 408 g/mol. The second kappa shape index (κ2) is 8.28. The Morgan fingerprint density at radius 2 is 1.59 bits per heavy atom. The molecule has 2 aromatic rings. The van der Waals surface area contributed by atoms with E-state index in [9.17, 15) is 16.8 Å². The van der Waals surface area contributed by atoms with Gasteiger partial charge in [-0.1, -0.05) is 43.3 Å². The molecule has 0 spiro atoms. The molecule has 1 saturated heterocycles. The van der Waals surface area contributed by atoms with Crippen molar-refractivity contribution in [2.45, 2.75) is 28.7 Å². The number of nitrogens with two attached hydrogens (primary N) is 1. The molecule has 2 atom stereocenters. The number of hydrogen-bond donors (Lipinski definition) is 1. The average Bonchev–Trinajstić information content (AvgIpc) is 3.05. The SMILES string of the molecule is CCS(=O)(=O)c1cccc(S(=O)(=O)N2C[C@@H](N)[C@H](c3ccccc3)C2)c1.Cl. The second-order valence-corrected chi connectivity index (χ2v) is 10.6. The average molecular weight is 431 g/mol. The van der Waals surface area contributed by atoms with Crippen LogP contribution in [0.2, 0.25) is 0 Å². The van der Waals surface area contributed by atoms with E-state index in [-0.39, 0.29) is 53.0 Å². The maximum absolute atomic E-state index is 13.0. The molecule has 1 aliphatic heterocycles. The van der Waals surface area contributed by atoms with Crippen LogP contribution in [0.25, 0.3) is 0 Å². The van der Waals surface area contributed by atoms with Gasteiger partial charge in [-0.15, -0.1) is 12.4 Å². The summed E-state index contributed by atoms with van der Waals surface area (Å²) >= 11 is 0. The Bertz CT molecular complexity index is 995. The molecule has 0 aromatic heterocycles. The highest BCUT2D eigenvalue weighted by Gasteiger charge is 2.38. The van der Waals surface area contributed by atoms with Crippen LogP contribution in [-0.2, 0) is 19.9 Å². The standard InChI is InChI=1S/C18H22N2O4S2.ClH/c1-2-25(21,22)15-9-6-10-16(11-15)26(23,24)20-12-17(18(19)13-20)14-7-4-3-5-8-14;/h3-11,17-18H,2,12-13,19H2,1H3;1H/t17-,18+;/m0./s1. The third-order valence-corrected chi connectivity index (χ3v) is 8.30. The molecule has 0 bridgehead atoms. The number of benzene rings is 2. The van der Waals surface area contributed by atoms with E-state index >= 15 is 0 Å². The van der Waals surface area contributed by atoms with Crippen molar-refractivity contribution in [1.29, 1.82) is 0 Å². The minimum absolute atomic E-state index is 0. The summed E-state index contributed by atoms with van der Waals surface area (Å²) in [5, 5.41) is 0. The summed E-state index contributed by atoms with van der Waals surface area (Å²) < 4.78 is 51.5. The lowest BCUT2D eigenvalue weighted by Crippen LogP contribution is -2.32. The molecule has 1 aliphatic rings. The highest BCUT2D eigenvalue weighted by Crippen LogP contribution is 2.31. The maximum Gasteiger partial charge on any atom is 0.243 e. The monoisotopic (exact) mass is 430 g/mol. The molecule has 0 unspecified atom stereocenters. The van der Waals surface area contributed by atoms with E-state index in [1.54, 1.807) is 0 Å². The maximum atomic E-state index is 13.0. The Morgan fingerprint density at radius 1 is 0.963 bits per heavy atom. The Hall–Kier alpha value is -1.45. The lowest BCUT2D eigenvalue weighted by Gasteiger charge is -2.17. The molecule has 148 valence electrons. The molecule has 2 N–H and O–H groups in total. The van der Waals surface area contributed by atoms with Crippen LogP contribution in [0.5, 0.6) is 0 Å². The quantitative estimate of drug-likeness (QED) is 0.782. The smallest absolute Gasteiger partial charge is 0.243 e. The lowest BCUT2D eigenvalue weighted by molar-refractivity contribution is 0.470. The minimum atomic E-state index is -3.81. The van der Waals surface area contributed by atoms with Gasteiger partial charge >= 0.3 is 0 Å². The van der Waals surface area contributed by atoms with Gasteiger partial charge in [-0.2, -0.15) is 4.31 Å². The Labute approximate surface area is 166 Å². The lowest BCUT2D eigenvalue weighted by atomic mass is 9.95. The van der Waals surface area contributed by atoms with E-state index in [1.165, 1.54) is 35.5 Å². The minimum Gasteiger partial charge on any atom is -0.326 e.